The molecular formula is C8H5F4O. The number of alkyl halides is 3. The second-order valence-electron chi connectivity index (χ2n) is 2.45. The second kappa shape index (κ2) is 3.33. The van der Waals surface area contributed by atoms with Crippen LogP contribution in [0.5, 0.6) is 0 Å². The molecule has 0 fully saturated rings. The molecule has 1 radical (unpaired) electrons. The van der Waals surface area contributed by atoms with Gasteiger partial charge in [0.2, 0.25) is 0 Å². The van der Waals surface area contributed by atoms with Crippen LogP contribution in [0.4, 0.5) is 17.6 Å². The fourth-order valence-electron chi connectivity index (χ4n) is 0.841. The molecule has 0 unspecified atom stereocenters. The Morgan fingerprint density at radius 3 is 2.23 bits per heavy atom. The molecule has 0 saturated carbocycles. The maximum absolute atomic E-state index is 12.7. The summed E-state index contributed by atoms with van der Waals surface area (Å²) in [6.45, 7) is -0.857. The van der Waals surface area contributed by atoms with Crippen LogP contribution in [-0.4, -0.2) is 0 Å². The van der Waals surface area contributed by atoms with Crippen molar-refractivity contribution in [3.63, 3.8) is 0 Å². The molecule has 0 N–H and O–H groups in total. The third-order valence-corrected chi connectivity index (χ3v) is 1.54. The van der Waals surface area contributed by atoms with Gasteiger partial charge < -0.3 is 0 Å². The molecule has 0 aliphatic rings. The van der Waals surface area contributed by atoms with Crippen LogP contribution in [0.25, 0.3) is 0 Å². The van der Waals surface area contributed by atoms with E-state index in [1.165, 1.54) is 0 Å². The summed E-state index contributed by atoms with van der Waals surface area (Å²) in [5.74, 6) is -1.11. The first-order valence-corrected chi connectivity index (χ1v) is 3.39. The minimum absolute atomic E-state index is 0.256. The van der Waals surface area contributed by atoms with Crippen molar-refractivity contribution in [2.75, 3.05) is 0 Å². The zero-order chi connectivity index (χ0) is 10.1. The first kappa shape index (κ1) is 9.98. The van der Waals surface area contributed by atoms with Crippen molar-refractivity contribution in [1.82, 2.24) is 0 Å². The topological polar surface area (TPSA) is 19.9 Å². The molecule has 0 aliphatic carbocycles. The van der Waals surface area contributed by atoms with Crippen LogP contribution in [-0.2, 0) is 17.9 Å². The van der Waals surface area contributed by atoms with E-state index in [0.29, 0.717) is 12.1 Å². The van der Waals surface area contributed by atoms with Crippen molar-refractivity contribution < 1.29 is 22.7 Å². The van der Waals surface area contributed by atoms with Crippen molar-refractivity contribution in [1.29, 1.82) is 0 Å². The molecule has 0 saturated heterocycles. The zero-order valence-corrected chi connectivity index (χ0v) is 6.36. The molecule has 0 spiro atoms. The summed E-state index contributed by atoms with van der Waals surface area (Å²) in [7, 11) is 0. The largest absolute Gasteiger partial charge is 0.416 e. The predicted octanol–water partition coefficient (Wildman–Crippen LogP) is 2.78. The molecule has 5 heteroatoms. The van der Waals surface area contributed by atoms with E-state index in [1.807, 2.05) is 0 Å². The maximum Gasteiger partial charge on any atom is 0.416 e. The molecule has 0 amide bonds. The van der Waals surface area contributed by atoms with Crippen LogP contribution in [0.2, 0.25) is 0 Å². The number of halogens is 4. The van der Waals surface area contributed by atoms with E-state index in [2.05, 4.69) is 0 Å². The van der Waals surface area contributed by atoms with E-state index in [0.717, 1.165) is 6.07 Å². The highest BCUT2D eigenvalue weighted by Gasteiger charge is 2.31. The molecule has 1 rings (SSSR count). The monoisotopic (exact) mass is 193 g/mol. The minimum Gasteiger partial charge on any atom is -0.231 e. The van der Waals surface area contributed by atoms with Crippen LogP contribution >= 0.6 is 0 Å². The Morgan fingerprint density at radius 1 is 1.23 bits per heavy atom. The van der Waals surface area contributed by atoms with Crippen molar-refractivity contribution in [3.05, 3.63) is 35.1 Å². The summed E-state index contributed by atoms with van der Waals surface area (Å²) in [5, 5.41) is 10.2. The van der Waals surface area contributed by atoms with E-state index in [1.54, 1.807) is 0 Å². The molecule has 1 nitrogen and oxygen atoms in total. The Labute approximate surface area is 71.6 Å². The molecule has 1 aromatic rings. The zero-order valence-electron chi connectivity index (χ0n) is 6.36. The summed E-state index contributed by atoms with van der Waals surface area (Å²) >= 11 is 0. The minimum atomic E-state index is -4.57. The Balaban J connectivity index is 3.10. The van der Waals surface area contributed by atoms with Gasteiger partial charge in [-0.25, -0.2) is 9.50 Å². The fourth-order valence-corrected chi connectivity index (χ4v) is 0.841. The lowest BCUT2D eigenvalue weighted by atomic mass is 10.1. The molecule has 13 heavy (non-hydrogen) atoms. The lowest BCUT2D eigenvalue weighted by Gasteiger charge is -2.07. The average Bonchev–Trinajstić information content (AvgIpc) is 2.02. The fraction of sp³-hybridized carbons (Fsp3) is 0.250. The van der Waals surface area contributed by atoms with Crippen LogP contribution in [0.15, 0.2) is 18.2 Å². The van der Waals surface area contributed by atoms with E-state index in [9.17, 15) is 22.7 Å². The molecule has 0 aliphatic heterocycles. The smallest absolute Gasteiger partial charge is 0.231 e. The van der Waals surface area contributed by atoms with E-state index >= 15 is 0 Å². The molecule has 71 valence electrons. The van der Waals surface area contributed by atoms with Crippen LogP contribution in [0, 0.1) is 5.82 Å². The Bertz CT molecular complexity index is 306. The molecule has 0 atom stereocenters. The van der Waals surface area contributed by atoms with Gasteiger partial charge in [0.05, 0.1) is 5.56 Å². The van der Waals surface area contributed by atoms with Crippen molar-refractivity contribution >= 4 is 0 Å². The van der Waals surface area contributed by atoms with Gasteiger partial charge in [-0.3, -0.25) is 0 Å². The number of rotatable bonds is 1. The highest BCUT2D eigenvalue weighted by atomic mass is 19.4. The lowest BCUT2D eigenvalue weighted by molar-refractivity contribution is -0.137. The quantitative estimate of drug-likeness (QED) is 0.611. The van der Waals surface area contributed by atoms with Gasteiger partial charge in [0.1, 0.15) is 12.4 Å². The van der Waals surface area contributed by atoms with Gasteiger partial charge >= 0.3 is 6.18 Å². The van der Waals surface area contributed by atoms with Gasteiger partial charge in [-0.15, -0.1) is 0 Å². The Hall–Kier alpha value is -1.10. The van der Waals surface area contributed by atoms with Crippen LogP contribution in [0.3, 0.4) is 0 Å². The second-order valence-corrected chi connectivity index (χ2v) is 2.45. The van der Waals surface area contributed by atoms with Crippen molar-refractivity contribution in [2.45, 2.75) is 12.8 Å². The highest BCUT2D eigenvalue weighted by molar-refractivity contribution is 5.25. The summed E-state index contributed by atoms with van der Waals surface area (Å²) in [4.78, 5) is 0. The van der Waals surface area contributed by atoms with Gasteiger partial charge in [-0.2, -0.15) is 13.2 Å². The number of benzene rings is 1. The van der Waals surface area contributed by atoms with Crippen molar-refractivity contribution in [2.24, 2.45) is 0 Å². The maximum atomic E-state index is 12.7. The van der Waals surface area contributed by atoms with Crippen LogP contribution < -0.4 is 0 Å². The standard InChI is InChI=1S/C8H5F4O/c9-7-3-6(8(10,11)12)2-1-5(7)4-13/h1-3H,4H2. The third-order valence-electron chi connectivity index (χ3n) is 1.54. The molecule has 1 aromatic carbocycles. The average molecular weight is 193 g/mol. The molecule has 0 aromatic heterocycles. The third kappa shape index (κ3) is 2.18. The molecule has 0 bridgehead atoms. The Morgan fingerprint density at radius 2 is 1.85 bits per heavy atom. The first-order chi connectivity index (χ1) is 5.95. The number of hydrogen-bond acceptors (Lipinski definition) is 0. The summed E-state index contributed by atoms with van der Waals surface area (Å²) in [6.07, 6.45) is -4.57. The van der Waals surface area contributed by atoms with E-state index in [-0.39, 0.29) is 5.56 Å². The van der Waals surface area contributed by atoms with Crippen molar-refractivity contribution in [3.8, 4) is 0 Å². The summed E-state index contributed by atoms with van der Waals surface area (Å²) in [6, 6.07) is 1.87. The number of hydrogen-bond donors (Lipinski definition) is 0. The summed E-state index contributed by atoms with van der Waals surface area (Å²) in [5.41, 5.74) is -1.34. The molecular weight excluding hydrogens is 188 g/mol. The van der Waals surface area contributed by atoms with Gasteiger partial charge in [0.25, 0.3) is 0 Å². The first-order valence-electron chi connectivity index (χ1n) is 3.39. The SMILES string of the molecule is [O]Cc1ccc(C(F)(F)F)cc1F. The summed E-state index contributed by atoms with van der Waals surface area (Å²) < 4.78 is 48.6. The van der Waals surface area contributed by atoms with Gasteiger partial charge in [-0.05, 0) is 12.1 Å². The Kier molecular flexibility index (Phi) is 2.56. The van der Waals surface area contributed by atoms with Crippen LogP contribution in [0.1, 0.15) is 11.1 Å². The van der Waals surface area contributed by atoms with E-state index < -0.39 is 24.2 Å². The highest BCUT2D eigenvalue weighted by Crippen LogP contribution is 2.30. The molecule has 0 heterocycles. The van der Waals surface area contributed by atoms with Gasteiger partial charge in [-0.1, -0.05) is 6.07 Å². The van der Waals surface area contributed by atoms with Gasteiger partial charge in [0.15, 0.2) is 0 Å². The lowest BCUT2D eigenvalue weighted by Crippen LogP contribution is -2.06. The van der Waals surface area contributed by atoms with Gasteiger partial charge in [0, 0.05) is 5.56 Å². The normalized spacial score (nSPS) is 11.8. The predicted molar refractivity (Wildman–Crippen MR) is 35.8 cm³/mol. The van der Waals surface area contributed by atoms with E-state index in [4.69, 9.17) is 0 Å².